The number of thiophene rings is 1. The van der Waals surface area contributed by atoms with Crippen LogP contribution in [0.25, 0.3) is 0 Å². The molecule has 4 heteroatoms. The van der Waals surface area contributed by atoms with Crippen LogP contribution in [0.1, 0.15) is 29.3 Å². The Bertz CT molecular complexity index is 612. The number of rotatable bonds is 4. The first-order chi connectivity index (χ1) is 9.28. The fraction of sp³-hybridized carbons (Fsp3) is 0.267. The van der Waals surface area contributed by atoms with Crippen molar-refractivity contribution in [1.29, 1.82) is 5.26 Å². The van der Waals surface area contributed by atoms with E-state index in [1.165, 1.54) is 17.7 Å². The molecular formula is C15H13BrN2S. The minimum atomic E-state index is 0.393. The molecule has 1 aliphatic rings. The standard InChI is InChI=1S/C15H13BrN2S/c16-12-8-10(9-17)3-6-13(12)18-15(11-4-5-11)14-2-1-7-19-14/h1-3,6-8,11,15,18H,4-5H2. The molecule has 1 unspecified atom stereocenters. The quantitative estimate of drug-likeness (QED) is 0.860. The summed E-state index contributed by atoms with van der Waals surface area (Å²) >= 11 is 5.34. The van der Waals surface area contributed by atoms with Crippen LogP contribution in [0.3, 0.4) is 0 Å². The maximum Gasteiger partial charge on any atom is 0.0992 e. The minimum Gasteiger partial charge on any atom is -0.376 e. The van der Waals surface area contributed by atoms with Crippen molar-refractivity contribution < 1.29 is 0 Å². The van der Waals surface area contributed by atoms with Gasteiger partial charge in [0.2, 0.25) is 0 Å². The van der Waals surface area contributed by atoms with E-state index in [2.05, 4.69) is 44.8 Å². The molecule has 1 heterocycles. The van der Waals surface area contributed by atoms with E-state index in [-0.39, 0.29) is 0 Å². The van der Waals surface area contributed by atoms with Crippen molar-refractivity contribution in [3.05, 3.63) is 50.6 Å². The van der Waals surface area contributed by atoms with E-state index in [0.29, 0.717) is 11.6 Å². The number of nitrogens with zero attached hydrogens (tertiary/aromatic N) is 1. The molecule has 1 N–H and O–H groups in total. The molecule has 0 spiro atoms. The van der Waals surface area contributed by atoms with Crippen molar-refractivity contribution in [3.63, 3.8) is 0 Å². The van der Waals surface area contributed by atoms with Gasteiger partial charge in [-0.3, -0.25) is 0 Å². The first-order valence-corrected chi connectivity index (χ1v) is 7.95. The van der Waals surface area contributed by atoms with Gasteiger partial charge < -0.3 is 5.32 Å². The Hall–Kier alpha value is -1.31. The first-order valence-electron chi connectivity index (χ1n) is 6.27. The lowest BCUT2D eigenvalue weighted by Crippen LogP contribution is -2.11. The van der Waals surface area contributed by atoms with Gasteiger partial charge in [-0.15, -0.1) is 11.3 Å². The molecule has 19 heavy (non-hydrogen) atoms. The molecule has 0 radical (unpaired) electrons. The van der Waals surface area contributed by atoms with Crippen LogP contribution in [0.15, 0.2) is 40.2 Å². The molecule has 0 bridgehead atoms. The van der Waals surface area contributed by atoms with E-state index in [1.807, 2.05) is 18.2 Å². The number of halogens is 1. The van der Waals surface area contributed by atoms with Crippen molar-refractivity contribution in [3.8, 4) is 6.07 Å². The van der Waals surface area contributed by atoms with Crippen LogP contribution >= 0.6 is 27.3 Å². The highest BCUT2D eigenvalue weighted by Crippen LogP contribution is 2.44. The van der Waals surface area contributed by atoms with Crippen LogP contribution in [0.2, 0.25) is 0 Å². The van der Waals surface area contributed by atoms with Crippen molar-refractivity contribution in [2.45, 2.75) is 18.9 Å². The Morgan fingerprint density at radius 3 is 2.79 bits per heavy atom. The first kappa shape index (κ1) is 12.7. The van der Waals surface area contributed by atoms with Gasteiger partial charge in [-0.05, 0) is 64.3 Å². The highest BCUT2D eigenvalue weighted by molar-refractivity contribution is 9.10. The average Bonchev–Trinajstić information content (AvgIpc) is 3.11. The fourth-order valence-electron chi connectivity index (χ4n) is 2.19. The van der Waals surface area contributed by atoms with Gasteiger partial charge >= 0.3 is 0 Å². The molecule has 2 nitrogen and oxygen atoms in total. The summed E-state index contributed by atoms with van der Waals surface area (Å²) < 4.78 is 0.953. The number of nitriles is 1. The molecule has 96 valence electrons. The van der Waals surface area contributed by atoms with Crippen LogP contribution in [-0.2, 0) is 0 Å². The lowest BCUT2D eigenvalue weighted by atomic mass is 10.1. The molecule has 0 amide bonds. The van der Waals surface area contributed by atoms with Crippen LogP contribution in [0.4, 0.5) is 5.69 Å². The zero-order valence-electron chi connectivity index (χ0n) is 10.3. The molecule has 1 atom stereocenters. The molecule has 1 fully saturated rings. The summed E-state index contributed by atoms with van der Waals surface area (Å²) in [7, 11) is 0. The van der Waals surface area contributed by atoms with Crippen molar-refractivity contribution in [2.75, 3.05) is 5.32 Å². The van der Waals surface area contributed by atoms with Crippen molar-refractivity contribution in [2.24, 2.45) is 5.92 Å². The van der Waals surface area contributed by atoms with Crippen LogP contribution < -0.4 is 5.32 Å². The topological polar surface area (TPSA) is 35.8 Å². The van der Waals surface area contributed by atoms with Gasteiger partial charge in [0, 0.05) is 15.0 Å². The lowest BCUT2D eigenvalue weighted by Gasteiger charge is -2.19. The summed E-state index contributed by atoms with van der Waals surface area (Å²) in [5, 5.41) is 14.6. The lowest BCUT2D eigenvalue weighted by molar-refractivity contribution is 0.690. The third-order valence-electron chi connectivity index (χ3n) is 3.35. The largest absolute Gasteiger partial charge is 0.376 e. The Morgan fingerprint density at radius 2 is 2.21 bits per heavy atom. The Balaban J connectivity index is 1.85. The zero-order chi connectivity index (χ0) is 13.2. The van der Waals surface area contributed by atoms with E-state index < -0.39 is 0 Å². The van der Waals surface area contributed by atoms with Gasteiger partial charge in [-0.1, -0.05) is 6.07 Å². The Morgan fingerprint density at radius 1 is 1.37 bits per heavy atom. The summed E-state index contributed by atoms with van der Waals surface area (Å²) in [5.41, 5.74) is 1.74. The maximum absolute atomic E-state index is 8.89. The predicted molar refractivity (Wildman–Crippen MR) is 82.3 cm³/mol. The van der Waals surface area contributed by atoms with Gasteiger partial charge in [0.15, 0.2) is 0 Å². The summed E-state index contributed by atoms with van der Waals surface area (Å²) in [6.07, 6.45) is 2.59. The van der Waals surface area contributed by atoms with E-state index in [1.54, 1.807) is 11.3 Å². The third-order valence-corrected chi connectivity index (χ3v) is 4.96. The summed E-state index contributed by atoms with van der Waals surface area (Å²) in [5.74, 6) is 0.737. The fourth-order valence-corrected chi connectivity index (χ4v) is 3.55. The highest BCUT2D eigenvalue weighted by atomic mass is 79.9. The van der Waals surface area contributed by atoms with Gasteiger partial charge in [0.25, 0.3) is 0 Å². The van der Waals surface area contributed by atoms with Crippen LogP contribution in [0, 0.1) is 17.2 Å². The number of anilines is 1. The number of benzene rings is 1. The van der Waals surface area contributed by atoms with Gasteiger partial charge in [-0.25, -0.2) is 0 Å². The highest BCUT2D eigenvalue weighted by Gasteiger charge is 2.33. The van der Waals surface area contributed by atoms with Gasteiger partial charge in [0.05, 0.1) is 17.7 Å². The number of hydrogen-bond donors (Lipinski definition) is 1. The number of hydrogen-bond acceptors (Lipinski definition) is 3. The van der Waals surface area contributed by atoms with Crippen LogP contribution in [-0.4, -0.2) is 0 Å². The second kappa shape index (κ2) is 5.36. The van der Waals surface area contributed by atoms with Crippen molar-refractivity contribution >= 4 is 33.0 Å². The molecule has 1 aromatic carbocycles. The predicted octanol–water partition coefficient (Wildman–Crippen LogP) is 4.95. The molecule has 1 aliphatic carbocycles. The summed E-state index contributed by atoms with van der Waals surface area (Å²) in [6.45, 7) is 0. The Kier molecular flexibility index (Phi) is 3.58. The van der Waals surface area contributed by atoms with Gasteiger partial charge in [0.1, 0.15) is 0 Å². The summed E-state index contributed by atoms with van der Waals surface area (Å²) in [6, 6.07) is 12.5. The second-order valence-corrected chi connectivity index (χ2v) is 6.61. The van der Waals surface area contributed by atoms with Crippen LogP contribution in [0.5, 0.6) is 0 Å². The molecule has 1 aromatic heterocycles. The molecule has 2 aromatic rings. The molecule has 1 saturated carbocycles. The Labute approximate surface area is 125 Å². The zero-order valence-corrected chi connectivity index (χ0v) is 12.7. The average molecular weight is 333 g/mol. The normalized spacial score (nSPS) is 15.8. The SMILES string of the molecule is N#Cc1ccc(NC(c2cccs2)C2CC2)c(Br)c1. The van der Waals surface area contributed by atoms with E-state index >= 15 is 0 Å². The smallest absolute Gasteiger partial charge is 0.0992 e. The summed E-state index contributed by atoms with van der Waals surface area (Å²) in [4.78, 5) is 1.39. The maximum atomic E-state index is 8.89. The molecule has 3 rings (SSSR count). The van der Waals surface area contributed by atoms with E-state index in [0.717, 1.165) is 16.1 Å². The number of nitrogens with one attached hydrogen (secondary N) is 1. The molecular weight excluding hydrogens is 320 g/mol. The van der Waals surface area contributed by atoms with E-state index in [4.69, 9.17) is 5.26 Å². The van der Waals surface area contributed by atoms with E-state index in [9.17, 15) is 0 Å². The third kappa shape index (κ3) is 2.83. The monoisotopic (exact) mass is 332 g/mol. The second-order valence-electron chi connectivity index (χ2n) is 4.78. The minimum absolute atomic E-state index is 0.393. The molecule has 0 saturated heterocycles. The molecule has 0 aliphatic heterocycles. The van der Waals surface area contributed by atoms with Gasteiger partial charge in [-0.2, -0.15) is 5.26 Å². The van der Waals surface area contributed by atoms with Crippen molar-refractivity contribution in [1.82, 2.24) is 0 Å².